The molecule has 0 aliphatic heterocycles. The molecule has 0 aliphatic rings. The summed E-state index contributed by atoms with van der Waals surface area (Å²) in [5.41, 5.74) is 7.70. The minimum absolute atomic E-state index is 0.0656. The van der Waals surface area contributed by atoms with Crippen LogP contribution in [0.25, 0.3) is 0 Å². The van der Waals surface area contributed by atoms with E-state index in [0.717, 1.165) is 4.47 Å². The minimum Gasteiger partial charge on any atom is -0.482 e. The first-order chi connectivity index (χ1) is 11.8. The molecule has 0 aliphatic carbocycles. The van der Waals surface area contributed by atoms with E-state index >= 15 is 0 Å². The molecule has 0 saturated heterocycles. The lowest BCUT2D eigenvalue weighted by Gasteiger charge is -2.19. The molecule has 25 heavy (non-hydrogen) atoms. The molecule has 0 saturated carbocycles. The van der Waals surface area contributed by atoms with Crippen LogP contribution in [-0.4, -0.2) is 18.4 Å². The number of nitrogens with two attached hydrogens (primary N) is 1. The fourth-order valence-electron chi connectivity index (χ4n) is 2.02. The number of carbonyl (C=O) groups excluding carboxylic acids is 1. The van der Waals surface area contributed by atoms with Crippen LogP contribution in [0.3, 0.4) is 0 Å². The van der Waals surface area contributed by atoms with Crippen molar-refractivity contribution in [3.8, 4) is 5.75 Å². The second kappa shape index (κ2) is 8.16. The molecular weight excluding hydrogens is 384 g/mol. The zero-order valence-corrected chi connectivity index (χ0v) is 16.0. The Bertz CT molecular complexity index is 765. The summed E-state index contributed by atoms with van der Waals surface area (Å²) in [4.78, 5) is 16.5. The Morgan fingerprint density at radius 2 is 1.84 bits per heavy atom. The van der Waals surface area contributed by atoms with Crippen molar-refractivity contribution in [2.75, 3.05) is 6.61 Å². The minimum atomic E-state index is -0.627. The lowest BCUT2D eigenvalue weighted by Crippen LogP contribution is -2.18. The first kappa shape index (κ1) is 19.0. The molecule has 2 aromatic carbocycles. The van der Waals surface area contributed by atoms with Crippen LogP contribution in [0.1, 0.15) is 31.9 Å². The van der Waals surface area contributed by atoms with E-state index in [0.29, 0.717) is 11.3 Å². The maximum absolute atomic E-state index is 11.7. The smallest absolute Gasteiger partial charge is 0.372 e. The van der Waals surface area contributed by atoms with E-state index in [1.807, 2.05) is 36.4 Å². The quantitative estimate of drug-likeness (QED) is 0.353. The van der Waals surface area contributed by atoms with Gasteiger partial charge in [-0.2, -0.15) is 0 Å². The Kier molecular flexibility index (Phi) is 6.20. The van der Waals surface area contributed by atoms with Crippen LogP contribution in [0.4, 0.5) is 0 Å². The summed E-state index contributed by atoms with van der Waals surface area (Å²) < 4.78 is 6.26. The molecule has 0 spiro atoms. The predicted octanol–water partition coefficient (Wildman–Crippen LogP) is 3.99. The van der Waals surface area contributed by atoms with E-state index in [9.17, 15) is 4.79 Å². The van der Waals surface area contributed by atoms with Gasteiger partial charge in [0.25, 0.3) is 0 Å². The largest absolute Gasteiger partial charge is 0.482 e. The maximum Gasteiger partial charge on any atom is 0.372 e. The molecule has 5 nitrogen and oxygen atoms in total. The number of oxime groups is 1. The van der Waals surface area contributed by atoms with Gasteiger partial charge >= 0.3 is 5.97 Å². The van der Waals surface area contributed by atoms with Crippen molar-refractivity contribution < 1.29 is 14.4 Å². The van der Waals surface area contributed by atoms with Gasteiger partial charge in [-0.25, -0.2) is 4.79 Å². The maximum atomic E-state index is 11.7. The van der Waals surface area contributed by atoms with Crippen molar-refractivity contribution in [1.82, 2.24) is 0 Å². The molecule has 0 radical (unpaired) electrons. The zero-order chi connectivity index (χ0) is 18.4. The lowest BCUT2D eigenvalue weighted by atomic mass is 9.87. The topological polar surface area (TPSA) is 73.9 Å². The predicted molar refractivity (Wildman–Crippen MR) is 102 cm³/mol. The van der Waals surface area contributed by atoms with Gasteiger partial charge < -0.3 is 15.3 Å². The third-order valence-corrected chi connectivity index (χ3v) is 3.94. The molecule has 132 valence electrons. The molecule has 0 atom stereocenters. The van der Waals surface area contributed by atoms with Crippen LogP contribution in [0.5, 0.6) is 5.75 Å². The number of hydrogen-bond acceptors (Lipinski definition) is 4. The van der Waals surface area contributed by atoms with Gasteiger partial charge in [-0.15, -0.1) is 0 Å². The molecule has 2 rings (SSSR count). The number of hydrogen-bond donors (Lipinski definition) is 1. The summed E-state index contributed by atoms with van der Waals surface area (Å²) in [5.74, 6) is 0.0796. The second-order valence-corrected chi connectivity index (χ2v) is 7.43. The zero-order valence-electron chi connectivity index (χ0n) is 14.5. The van der Waals surface area contributed by atoms with E-state index in [1.54, 1.807) is 12.1 Å². The van der Waals surface area contributed by atoms with E-state index in [-0.39, 0.29) is 17.9 Å². The summed E-state index contributed by atoms with van der Waals surface area (Å²) in [6.07, 6.45) is 0. The SMILES string of the molecule is CC(C)(C)c1ccc(OCC(=O)ON=C(N)c2cccc(Br)c2)cc1. The first-order valence-corrected chi connectivity index (χ1v) is 8.57. The lowest BCUT2D eigenvalue weighted by molar-refractivity contribution is -0.146. The van der Waals surface area contributed by atoms with Crippen molar-refractivity contribution in [2.45, 2.75) is 26.2 Å². The number of rotatable bonds is 5. The highest BCUT2D eigenvalue weighted by atomic mass is 79.9. The van der Waals surface area contributed by atoms with Crippen LogP contribution in [-0.2, 0) is 15.0 Å². The molecule has 2 N–H and O–H groups in total. The van der Waals surface area contributed by atoms with Crippen molar-refractivity contribution in [3.63, 3.8) is 0 Å². The van der Waals surface area contributed by atoms with E-state index < -0.39 is 5.97 Å². The molecular formula is C19H21BrN2O3. The van der Waals surface area contributed by atoms with Crippen molar-refractivity contribution in [1.29, 1.82) is 0 Å². The van der Waals surface area contributed by atoms with Gasteiger partial charge in [0.15, 0.2) is 12.4 Å². The number of amidine groups is 1. The van der Waals surface area contributed by atoms with Crippen LogP contribution in [0, 0.1) is 0 Å². The molecule has 0 unspecified atom stereocenters. The fraction of sp³-hybridized carbons (Fsp3) is 0.263. The van der Waals surface area contributed by atoms with Crippen LogP contribution in [0.2, 0.25) is 0 Å². The number of halogens is 1. The monoisotopic (exact) mass is 404 g/mol. The summed E-state index contributed by atoms with van der Waals surface area (Å²) in [5, 5.41) is 3.64. The van der Waals surface area contributed by atoms with Crippen LogP contribution < -0.4 is 10.5 Å². The van der Waals surface area contributed by atoms with Gasteiger partial charge in [-0.05, 0) is 35.2 Å². The summed E-state index contributed by atoms with van der Waals surface area (Å²) in [6, 6.07) is 14.8. The Labute approximate surface area is 155 Å². The molecule has 2 aromatic rings. The Balaban J connectivity index is 1.87. The summed E-state index contributed by atoms with van der Waals surface area (Å²) in [7, 11) is 0. The van der Waals surface area contributed by atoms with Gasteiger partial charge in [-0.1, -0.05) is 66.1 Å². The third-order valence-electron chi connectivity index (χ3n) is 3.44. The Morgan fingerprint density at radius 1 is 1.16 bits per heavy atom. The normalized spacial score (nSPS) is 11.9. The van der Waals surface area contributed by atoms with E-state index in [1.165, 1.54) is 5.56 Å². The molecule has 6 heteroatoms. The second-order valence-electron chi connectivity index (χ2n) is 6.51. The van der Waals surface area contributed by atoms with Crippen molar-refractivity contribution in [2.24, 2.45) is 10.9 Å². The van der Waals surface area contributed by atoms with Gasteiger partial charge in [-0.3, -0.25) is 0 Å². The van der Waals surface area contributed by atoms with Gasteiger partial charge in [0.05, 0.1) is 0 Å². The molecule has 0 amide bonds. The van der Waals surface area contributed by atoms with E-state index in [4.69, 9.17) is 15.3 Å². The standard InChI is InChI=1S/C19H21BrN2O3/c1-19(2,3)14-7-9-16(10-8-14)24-12-17(23)25-22-18(21)13-5-4-6-15(20)11-13/h4-11H,12H2,1-3H3,(H2,21,22). The van der Waals surface area contributed by atoms with Crippen LogP contribution >= 0.6 is 15.9 Å². The molecule has 0 bridgehead atoms. The summed E-state index contributed by atoms with van der Waals surface area (Å²) in [6.45, 7) is 6.15. The fourth-order valence-corrected chi connectivity index (χ4v) is 2.42. The van der Waals surface area contributed by atoms with Crippen LogP contribution in [0.15, 0.2) is 58.2 Å². The highest BCUT2D eigenvalue weighted by molar-refractivity contribution is 9.10. The number of ether oxygens (including phenoxy) is 1. The van der Waals surface area contributed by atoms with Crippen molar-refractivity contribution >= 4 is 27.7 Å². The molecule has 0 fully saturated rings. The highest BCUT2D eigenvalue weighted by Crippen LogP contribution is 2.24. The first-order valence-electron chi connectivity index (χ1n) is 7.78. The highest BCUT2D eigenvalue weighted by Gasteiger charge is 2.13. The summed E-state index contributed by atoms with van der Waals surface area (Å²) >= 11 is 3.34. The molecule has 0 aromatic heterocycles. The Morgan fingerprint density at radius 3 is 2.44 bits per heavy atom. The number of benzene rings is 2. The Hall–Kier alpha value is -2.34. The van der Waals surface area contributed by atoms with Gasteiger partial charge in [0, 0.05) is 10.0 Å². The average Bonchev–Trinajstić information content (AvgIpc) is 2.57. The van der Waals surface area contributed by atoms with Gasteiger partial charge in [0.1, 0.15) is 5.75 Å². The van der Waals surface area contributed by atoms with Gasteiger partial charge in [0.2, 0.25) is 0 Å². The number of nitrogens with zero attached hydrogens (tertiary/aromatic N) is 1. The molecule has 0 heterocycles. The van der Waals surface area contributed by atoms with Crippen molar-refractivity contribution in [3.05, 3.63) is 64.1 Å². The third kappa shape index (κ3) is 5.90. The van der Waals surface area contributed by atoms with E-state index in [2.05, 4.69) is 41.9 Å². The number of carbonyl (C=O) groups is 1. The average molecular weight is 405 g/mol.